The first-order valence-corrected chi connectivity index (χ1v) is 7.84. The van der Waals surface area contributed by atoms with Crippen LogP contribution in [0.3, 0.4) is 0 Å². The molecule has 0 amide bonds. The summed E-state index contributed by atoms with van der Waals surface area (Å²) in [5, 5.41) is 6.62. The van der Waals surface area contributed by atoms with Crippen LogP contribution in [-0.4, -0.2) is 39.8 Å². The first-order chi connectivity index (χ1) is 10.4. The fourth-order valence-corrected chi connectivity index (χ4v) is 2.13. The molecule has 0 aromatic heterocycles. The number of ether oxygens (including phenoxy) is 1. The van der Waals surface area contributed by atoms with Crippen LogP contribution < -0.4 is 10.6 Å². The monoisotopic (exact) mass is 291 g/mol. The van der Waals surface area contributed by atoms with Gasteiger partial charge in [-0.2, -0.15) is 0 Å². The molecule has 1 aromatic rings. The highest BCUT2D eigenvalue weighted by Gasteiger charge is 1.97. The molecule has 0 unspecified atom stereocenters. The van der Waals surface area contributed by atoms with Gasteiger partial charge in [0.05, 0.1) is 0 Å². The predicted molar refractivity (Wildman–Crippen MR) is 89.9 cm³/mol. The average Bonchev–Trinajstić information content (AvgIpc) is 2.53. The molecule has 118 valence electrons. The molecule has 0 aliphatic heterocycles. The Hall–Kier alpha value is -1.55. The fraction of sp³-hybridized carbons (Fsp3) is 0.588. The van der Waals surface area contributed by atoms with Crippen LogP contribution in [0.25, 0.3) is 0 Å². The number of hydrogen-bond acceptors (Lipinski definition) is 2. The minimum atomic E-state index is 0.781. The molecule has 0 saturated heterocycles. The summed E-state index contributed by atoms with van der Waals surface area (Å²) in [4.78, 5) is 4.20. The summed E-state index contributed by atoms with van der Waals surface area (Å²) in [7, 11) is 3.53. The van der Waals surface area contributed by atoms with Crippen LogP contribution in [0.1, 0.15) is 31.2 Å². The number of aryl methyl sites for hydroxylation is 1. The maximum atomic E-state index is 5.02. The van der Waals surface area contributed by atoms with Gasteiger partial charge in [-0.1, -0.05) is 36.8 Å². The van der Waals surface area contributed by atoms with Crippen molar-refractivity contribution in [3.05, 3.63) is 35.9 Å². The number of nitrogens with one attached hydrogen (secondary N) is 2. The van der Waals surface area contributed by atoms with E-state index in [0.29, 0.717) is 0 Å². The van der Waals surface area contributed by atoms with E-state index in [1.54, 1.807) is 14.2 Å². The van der Waals surface area contributed by atoms with E-state index in [1.807, 2.05) is 0 Å². The van der Waals surface area contributed by atoms with Crippen molar-refractivity contribution in [2.45, 2.75) is 32.1 Å². The third kappa shape index (κ3) is 9.08. The zero-order valence-corrected chi connectivity index (χ0v) is 13.4. The minimum Gasteiger partial charge on any atom is -0.385 e. The van der Waals surface area contributed by atoms with Crippen molar-refractivity contribution < 1.29 is 4.74 Å². The molecule has 1 rings (SSSR count). The second-order valence-electron chi connectivity index (χ2n) is 5.07. The SMILES string of the molecule is CN=C(NCCCCCc1ccccc1)NCCCOC. The minimum absolute atomic E-state index is 0.781. The van der Waals surface area contributed by atoms with Gasteiger partial charge in [-0.3, -0.25) is 4.99 Å². The highest BCUT2D eigenvalue weighted by atomic mass is 16.5. The van der Waals surface area contributed by atoms with Crippen LogP contribution in [0, 0.1) is 0 Å². The van der Waals surface area contributed by atoms with Crippen molar-refractivity contribution in [3.8, 4) is 0 Å². The van der Waals surface area contributed by atoms with Gasteiger partial charge in [0.2, 0.25) is 0 Å². The van der Waals surface area contributed by atoms with E-state index in [2.05, 4.69) is 46.0 Å². The topological polar surface area (TPSA) is 45.7 Å². The quantitative estimate of drug-likeness (QED) is 0.396. The second-order valence-corrected chi connectivity index (χ2v) is 5.07. The molecular formula is C17H29N3O. The van der Waals surface area contributed by atoms with Crippen molar-refractivity contribution >= 4 is 5.96 Å². The van der Waals surface area contributed by atoms with Crippen LogP contribution in [0.5, 0.6) is 0 Å². The van der Waals surface area contributed by atoms with Gasteiger partial charge in [0.15, 0.2) is 5.96 Å². The number of aliphatic imine (C=N–C) groups is 1. The molecule has 0 saturated carbocycles. The molecule has 21 heavy (non-hydrogen) atoms. The largest absolute Gasteiger partial charge is 0.385 e. The Morgan fingerprint density at radius 3 is 2.38 bits per heavy atom. The van der Waals surface area contributed by atoms with Gasteiger partial charge in [-0.15, -0.1) is 0 Å². The maximum Gasteiger partial charge on any atom is 0.190 e. The highest BCUT2D eigenvalue weighted by molar-refractivity contribution is 5.79. The van der Waals surface area contributed by atoms with E-state index in [9.17, 15) is 0 Å². The maximum absolute atomic E-state index is 5.02. The lowest BCUT2D eigenvalue weighted by atomic mass is 10.1. The standard InChI is InChI=1S/C17H29N3O/c1-18-17(20-14-9-15-21-2)19-13-8-4-7-12-16-10-5-3-6-11-16/h3,5-6,10-11H,4,7-9,12-15H2,1-2H3,(H2,18,19,20). The van der Waals surface area contributed by atoms with Gasteiger partial charge in [-0.25, -0.2) is 0 Å². The van der Waals surface area contributed by atoms with Gasteiger partial charge in [0, 0.05) is 33.9 Å². The molecule has 1 aromatic carbocycles. The van der Waals surface area contributed by atoms with Gasteiger partial charge < -0.3 is 15.4 Å². The van der Waals surface area contributed by atoms with Crippen LogP contribution in [-0.2, 0) is 11.2 Å². The van der Waals surface area contributed by atoms with Crippen molar-refractivity contribution in [3.63, 3.8) is 0 Å². The number of rotatable bonds is 10. The van der Waals surface area contributed by atoms with E-state index < -0.39 is 0 Å². The Morgan fingerprint density at radius 1 is 1.00 bits per heavy atom. The molecular weight excluding hydrogens is 262 g/mol. The molecule has 4 heteroatoms. The summed E-state index contributed by atoms with van der Waals surface area (Å²) in [6.45, 7) is 2.64. The number of methoxy groups -OCH3 is 1. The summed E-state index contributed by atoms with van der Waals surface area (Å²) in [6.07, 6.45) is 5.82. The Kier molecular flexibility index (Phi) is 10.2. The van der Waals surface area contributed by atoms with Crippen LogP contribution in [0.2, 0.25) is 0 Å². The third-order valence-corrected chi connectivity index (χ3v) is 3.32. The predicted octanol–water partition coefficient (Wildman–Crippen LogP) is 2.60. The second kappa shape index (κ2) is 12.2. The molecule has 0 fully saturated rings. The zero-order chi connectivity index (χ0) is 15.2. The number of unbranched alkanes of at least 4 members (excludes halogenated alkanes) is 2. The molecule has 0 atom stereocenters. The normalized spacial score (nSPS) is 11.4. The van der Waals surface area contributed by atoms with Gasteiger partial charge in [0.25, 0.3) is 0 Å². The number of guanidine groups is 1. The van der Waals surface area contributed by atoms with Crippen molar-refractivity contribution in [2.24, 2.45) is 4.99 Å². The van der Waals surface area contributed by atoms with Crippen molar-refractivity contribution in [2.75, 3.05) is 33.9 Å². The number of benzene rings is 1. The smallest absolute Gasteiger partial charge is 0.190 e. The Bertz CT molecular complexity index is 379. The van der Waals surface area contributed by atoms with Crippen molar-refractivity contribution in [1.82, 2.24) is 10.6 Å². The molecule has 0 radical (unpaired) electrons. The van der Waals surface area contributed by atoms with E-state index in [4.69, 9.17) is 4.74 Å². The molecule has 2 N–H and O–H groups in total. The first-order valence-electron chi connectivity index (χ1n) is 7.84. The van der Waals surface area contributed by atoms with Crippen LogP contribution in [0.15, 0.2) is 35.3 Å². The lowest BCUT2D eigenvalue weighted by Crippen LogP contribution is -2.38. The third-order valence-electron chi connectivity index (χ3n) is 3.32. The Balaban J connectivity index is 1.99. The van der Waals surface area contributed by atoms with Crippen LogP contribution in [0.4, 0.5) is 0 Å². The zero-order valence-electron chi connectivity index (χ0n) is 13.4. The molecule has 0 aliphatic rings. The lowest BCUT2D eigenvalue weighted by Gasteiger charge is -2.11. The summed E-state index contributed by atoms with van der Waals surface area (Å²) < 4.78 is 5.02. The number of nitrogens with zero attached hydrogens (tertiary/aromatic N) is 1. The molecule has 0 heterocycles. The van der Waals surface area contributed by atoms with Gasteiger partial charge >= 0.3 is 0 Å². The van der Waals surface area contributed by atoms with Gasteiger partial charge in [0.1, 0.15) is 0 Å². The summed E-state index contributed by atoms with van der Waals surface area (Å²) in [5.41, 5.74) is 1.43. The molecule has 0 bridgehead atoms. The molecule has 4 nitrogen and oxygen atoms in total. The summed E-state index contributed by atoms with van der Waals surface area (Å²) >= 11 is 0. The van der Waals surface area contributed by atoms with E-state index in [1.165, 1.54) is 31.2 Å². The Morgan fingerprint density at radius 2 is 1.71 bits per heavy atom. The van der Waals surface area contributed by atoms with Gasteiger partial charge in [-0.05, 0) is 31.2 Å². The molecule has 0 aliphatic carbocycles. The molecule has 0 spiro atoms. The lowest BCUT2D eigenvalue weighted by molar-refractivity contribution is 0.195. The van der Waals surface area contributed by atoms with Crippen molar-refractivity contribution in [1.29, 1.82) is 0 Å². The van der Waals surface area contributed by atoms with E-state index in [-0.39, 0.29) is 0 Å². The Labute approximate surface area is 129 Å². The highest BCUT2D eigenvalue weighted by Crippen LogP contribution is 2.05. The van der Waals surface area contributed by atoms with Crippen LogP contribution >= 0.6 is 0 Å². The van der Waals surface area contributed by atoms with E-state index >= 15 is 0 Å². The fourth-order valence-electron chi connectivity index (χ4n) is 2.13. The summed E-state index contributed by atoms with van der Waals surface area (Å²) in [6, 6.07) is 10.7. The first kappa shape index (κ1) is 17.5. The average molecular weight is 291 g/mol. The summed E-state index contributed by atoms with van der Waals surface area (Å²) in [5.74, 6) is 0.883. The number of hydrogen-bond donors (Lipinski definition) is 2. The van der Waals surface area contributed by atoms with E-state index in [0.717, 1.165) is 32.1 Å².